The molecule has 0 saturated heterocycles. The average molecular weight is 982 g/mol. The van der Waals surface area contributed by atoms with E-state index in [1.165, 1.54) is 57.4 Å². The fourth-order valence-electron chi connectivity index (χ4n) is 11.8. The maximum absolute atomic E-state index is 15.0. The zero-order chi connectivity index (χ0) is 51.1. The van der Waals surface area contributed by atoms with Gasteiger partial charge in [-0.3, -0.25) is 0 Å². The van der Waals surface area contributed by atoms with E-state index >= 15 is 8.78 Å². The number of benzene rings is 12. The maximum atomic E-state index is 15.0. The molecule has 3 nitrogen and oxygen atoms in total. The lowest BCUT2D eigenvalue weighted by Gasteiger charge is -2.35. The summed E-state index contributed by atoms with van der Waals surface area (Å²) in [5, 5.41) is 6.73. The summed E-state index contributed by atoms with van der Waals surface area (Å²) in [5.41, 5.74) is 17.5. The number of hydrogen-bond donors (Lipinski definition) is 0. The normalized spacial score (nSPS) is 12.6. The molecular weight excluding hydrogens is 933 g/mol. The highest BCUT2D eigenvalue weighted by molar-refractivity contribution is 6.13. The summed E-state index contributed by atoms with van der Waals surface area (Å²) in [6.07, 6.45) is 0. The van der Waals surface area contributed by atoms with E-state index in [2.05, 4.69) is 228 Å². The highest BCUT2D eigenvalue weighted by atomic mass is 19.1. The van der Waals surface area contributed by atoms with Crippen molar-refractivity contribution < 1.29 is 8.78 Å². The van der Waals surface area contributed by atoms with E-state index in [1.54, 1.807) is 0 Å². The largest absolute Gasteiger partial charge is 0.310 e. The third-order valence-corrected chi connectivity index (χ3v) is 15.6. The minimum absolute atomic E-state index is 0.314. The molecule has 76 heavy (non-hydrogen) atoms. The molecule has 1 aromatic heterocycles. The lowest BCUT2D eigenvalue weighted by atomic mass is 9.74. The van der Waals surface area contributed by atoms with E-state index in [0.29, 0.717) is 0 Å². The summed E-state index contributed by atoms with van der Waals surface area (Å²) in [6, 6.07) is 89.7. The van der Waals surface area contributed by atoms with Gasteiger partial charge < -0.3 is 14.4 Å². The van der Waals surface area contributed by atoms with Crippen LogP contribution in [-0.4, -0.2) is 4.57 Å². The van der Waals surface area contributed by atoms with E-state index in [1.807, 2.05) is 36.4 Å². The Kier molecular flexibility index (Phi) is 10.6. The third-order valence-electron chi connectivity index (χ3n) is 15.6. The summed E-state index contributed by atoms with van der Waals surface area (Å²) < 4.78 is 32.5. The van der Waals surface area contributed by atoms with Crippen LogP contribution in [0.15, 0.2) is 261 Å². The van der Waals surface area contributed by atoms with Gasteiger partial charge in [-0.1, -0.05) is 147 Å². The molecule has 0 aliphatic carbocycles. The van der Waals surface area contributed by atoms with Gasteiger partial charge in [0, 0.05) is 50.3 Å². The molecule has 1 aliphatic rings. The van der Waals surface area contributed by atoms with E-state index in [9.17, 15) is 0 Å². The van der Waals surface area contributed by atoms with Crippen molar-refractivity contribution in [1.82, 2.24) is 4.57 Å². The van der Waals surface area contributed by atoms with Gasteiger partial charge in [0.15, 0.2) is 0 Å². The highest BCUT2D eigenvalue weighted by Gasteiger charge is 2.36. The minimum Gasteiger partial charge on any atom is -0.310 e. The van der Waals surface area contributed by atoms with Gasteiger partial charge in [-0.15, -0.1) is 0 Å². The van der Waals surface area contributed by atoms with Crippen LogP contribution in [0.5, 0.6) is 0 Å². The fraction of sp³-hybridized carbons (Fsp3) is 0.0423. The highest BCUT2D eigenvalue weighted by Crippen LogP contribution is 2.51. The number of anilines is 6. The second-order valence-electron chi connectivity index (χ2n) is 20.5. The Bertz CT molecular complexity index is 4200. The second kappa shape index (κ2) is 17.8. The van der Waals surface area contributed by atoms with E-state index < -0.39 is 0 Å². The average Bonchev–Trinajstić information content (AvgIpc) is 3.90. The third kappa shape index (κ3) is 7.62. The smallest absolute Gasteiger partial charge is 0.123 e. The van der Waals surface area contributed by atoms with Crippen molar-refractivity contribution in [3.8, 4) is 39.1 Å². The first kappa shape index (κ1) is 45.1. The molecule has 0 radical (unpaired) electrons. The Labute approximate surface area is 440 Å². The van der Waals surface area contributed by atoms with E-state index in [4.69, 9.17) is 0 Å². The van der Waals surface area contributed by atoms with Crippen LogP contribution in [0.4, 0.5) is 42.9 Å². The number of aromatic nitrogens is 1. The molecule has 5 heteroatoms. The zero-order valence-corrected chi connectivity index (χ0v) is 41.9. The maximum Gasteiger partial charge on any atom is 0.123 e. The summed E-state index contributed by atoms with van der Waals surface area (Å²) >= 11 is 0. The van der Waals surface area contributed by atoms with Gasteiger partial charge in [-0.05, 0) is 193 Å². The SMILES string of the molecule is CC1(C)c2ccccc2-n2c3ccccc3c3cc(-c4cc(N(c5ccc(F)cc5)c5ccc6cc(-c7ccccc7)ccc6c5)cc(N(c5ccc(F)cc5)c5ccc6cc(-c7ccccc7)ccc6c5)c4)cc1c32. The predicted octanol–water partition coefficient (Wildman–Crippen LogP) is 19.9. The lowest BCUT2D eigenvalue weighted by molar-refractivity contribution is 0.627. The summed E-state index contributed by atoms with van der Waals surface area (Å²) in [7, 11) is 0. The molecule has 0 spiro atoms. The number of rotatable bonds is 9. The molecule has 1 aliphatic heterocycles. The van der Waals surface area contributed by atoms with Crippen molar-refractivity contribution in [2.45, 2.75) is 19.3 Å². The van der Waals surface area contributed by atoms with Crippen LogP contribution in [0.3, 0.4) is 0 Å². The Morgan fingerprint density at radius 1 is 0.316 bits per heavy atom. The molecule has 2 heterocycles. The molecule has 362 valence electrons. The van der Waals surface area contributed by atoms with Crippen molar-refractivity contribution in [2.75, 3.05) is 9.80 Å². The van der Waals surface area contributed by atoms with Crippen LogP contribution in [0.25, 0.3) is 82.4 Å². The quantitative estimate of drug-likeness (QED) is 0.143. The van der Waals surface area contributed by atoms with Crippen LogP contribution in [-0.2, 0) is 5.41 Å². The topological polar surface area (TPSA) is 11.4 Å². The summed E-state index contributed by atoms with van der Waals surface area (Å²) in [6.45, 7) is 4.68. The van der Waals surface area contributed by atoms with E-state index in [-0.39, 0.29) is 17.0 Å². The van der Waals surface area contributed by atoms with Crippen molar-refractivity contribution in [3.63, 3.8) is 0 Å². The second-order valence-corrected chi connectivity index (χ2v) is 20.5. The van der Waals surface area contributed by atoms with Crippen LogP contribution in [0.1, 0.15) is 25.0 Å². The molecule has 0 unspecified atom stereocenters. The Morgan fingerprint density at radius 3 is 1.34 bits per heavy atom. The standard InChI is InChI=1S/C71H49F2N3/c1-71(2)66-18-10-12-20-69(66)76-68-19-11-9-17-64(68)65-43-55(44-67(71)70(65)76)54-41-62(74(58-33-27-56(72)28-34-58)60-31-25-50-37-48(21-23-52(50)39-60)46-13-5-3-6-14-46)45-63(42-54)75(59-35-29-57(73)30-36-59)61-32-26-51-38-49(22-24-53(51)40-61)47-15-7-4-8-16-47/h3-45H,1-2H3. The lowest BCUT2D eigenvalue weighted by Crippen LogP contribution is -2.26. The Hall–Kier alpha value is -9.58. The molecule has 0 amide bonds. The molecule has 0 atom stereocenters. The minimum atomic E-state index is -0.340. The van der Waals surface area contributed by atoms with Crippen LogP contribution < -0.4 is 9.80 Å². The fourth-order valence-corrected chi connectivity index (χ4v) is 11.8. The van der Waals surface area contributed by atoms with E-state index in [0.717, 1.165) is 94.6 Å². The van der Waals surface area contributed by atoms with Crippen LogP contribution in [0, 0.1) is 11.6 Å². The summed E-state index contributed by atoms with van der Waals surface area (Å²) in [4.78, 5) is 4.44. The molecule has 0 N–H and O–H groups in total. The molecule has 12 aromatic carbocycles. The van der Waals surface area contributed by atoms with Gasteiger partial charge in [0.1, 0.15) is 11.6 Å². The zero-order valence-electron chi connectivity index (χ0n) is 41.9. The van der Waals surface area contributed by atoms with Crippen LogP contribution in [0.2, 0.25) is 0 Å². The number of para-hydroxylation sites is 2. The molecule has 0 bridgehead atoms. The first-order chi connectivity index (χ1) is 37.2. The Balaban J connectivity index is 1.02. The molecular formula is C71H49F2N3. The first-order valence-corrected chi connectivity index (χ1v) is 25.8. The molecule has 0 saturated carbocycles. The number of halogens is 2. The van der Waals surface area contributed by atoms with Gasteiger partial charge in [-0.25, -0.2) is 8.78 Å². The number of hydrogen-bond acceptors (Lipinski definition) is 2. The summed E-state index contributed by atoms with van der Waals surface area (Å²) in [5.74, 6) is -0.629. The van der Waals surface area contributed by atoms with Gasteiger partial charge >= 0.3 is 0 Å². The predicted molar refractivity (Wildman–Crippen MR) is 314 cm³/mol. The molecule has 14 rings (SSSR count). The van der Waals surface area contributed by atoms with Crippen molar-refractivity contribution in [1.29, 1.82) is 0 Å². The first-order valence-electron chi connectivity index (χ1n) is 25.8. The van der Waals surface area contributed by atoms with Gasteiger partial charge in [-0.2, -0.15) is 0 Å². The number of nitrogens with zero attached hydrogens (tertiary/aromatic N) is 3. The van der Waals surface area contributed by atoms with Gasteiger partial charge in [0.05, 0.1) is 16.7 Å². The molecule has 13 aromatic rings. The van der Waals surface area contributed by atoms with Crippen molar-refractivity contribution in [3.05, 3.63) is 284 Å². The van der Waals surface area contributed by atoms with Gasteiger partial charge in [0.2, 0.25) is 0 Å². The van der Waals surface area contributed by atoms with Crippen LogP contribution >= 0.6 is 0 Å². The van der Waals surface area contributed by atoms with Gasteiger partial charge in [0.25, 0.3) is 0 Å². The molecule has 0 fully saturated rings. The monoisotopic (exact) mass is 981 g/mol. The van der Waals surface area contributed by atoms with Crippen molar-refractivity contribution in [2.24, 2.45) is 0 Å². The Morgan fingerprint density at radius 2 is 0.776 bits per heavy atom. The number of fused-ring (bicyclic) bond motifs is 7. The van der Waals surface area contributed by atoms with Crippen molar-refractivity contribution >= 4 is 77.5 Å².